The second-order valence-electron chi connectivity index (χ2n) is 14.0. The number of hydrogen-bond acceptors (Lipinski definition) is 2. The van der Waals surface area contributed by atoms with Crippen molar-refractivity contribution in [3.8, 4) is 0 Å². The van der Waals surface area contributed by atoms with Gasteiger partial charge >= 0.3 is 0 Å². The van der Waals surface area contributed by atoms with Crippen LogP contribution in [-0.4, -0.2) is 23.4 Å². The molecule has 1 atom stereocenters. The van der Waals surface area contributed by atoms with Crippen LogP contribution in [-0.2, 0) is 10.8 Å². The van der Waals surface area contributed by atoms with Gasteiger partial charge in [0.15, 0.2) is 5.71 Å². The van der Waals surface area contributed by atoms with Crippen molar-refractivity contribution in [3.63, 3.8) is 0 Å². The Hall–Kier alpha value is -3.30. The van der Waals surface area contributed by atoms with E-state index < -0.39 is 0 Å². The number of nitrogens with zero attached hydrogens (tertiary/aromatic N) is 2. The molecule has 6 rings (SSSR count). The molecule has 0 fully saturated rings. The number of para-hydroxylation sites is 2. The van der Waals surface area contributed by atoms with Gasteiger partial charge in [-0.2, -0.15) is 4.58 Å². The summed E-state index contributed by atoms with van der Waals surface area (Å²) in [5, 5.41) is 0. The molecule has 2 nitrogen and oxygen atoms in total. The summed E-state index contributed by atoms with van der Waals surface area (Å²) in [5.74, 6) is 0.518. The van der Waals surface area contributed by atoms with Crippen molar-refractivity contribution in [1.82, 2.24) is 0 Å². The summed E-state index contributed by atoms with van der Waals surface area (Å²) < 4.78 is 2.57. The highest BCUT2D eigenvalue weighted by molar-refractivity contribution is 8.03. The zero-order chi connectivity index (χ0) is 31.6. The summed E-state index contributed by atoms with van der Waals surface area (Å²) in [4.78, 5) is 5.51. The molecular formula is C42H51N2S+. The standard InChI is InChI=1S/C42H51N2S/c1-7-29-43-36-23-14-12-21-34(36)41(3,4)38(43)27-25-31-17-16-18-32(40(31)45-33-19-10-9-11-20-33)26-28-39-42(5,6)35-22-13-15-24-37(35)44(39)30-8-2/h9-15,19-25,27-28,32H,7-8,16-18,26,29-30H2,1-6H3/q+1. The predicted molar refractivity (Wildman–Crippen MR) is 195 cm³/mol. The van der Waals surface area contributed by atoms with Gasteiger partial charge in [-0.05, 0) is 86.1 Å². The molecule has 3 heteroatoms. The van der Waals surface area contributed by atoms with E-state index in [1.165, 1.54) is 57.2 Å². The molecule has 0 saturated carbocycles. The average molecular weight is 616 g/mol. The zero-order valence-electron chi connectivity index (χ0n) is 28.3. The van der Waals surface area contributed by atoms with E-state index in [0.717, 1.165) is 38.8 Å². The number of anilines is 1. The first kappa shape index (κ1) is 31.7. The lowest BCUT2D eigenvalue weighted by atomic mass is 9.80. The molecule has 0 radical (unpaired) electrons. The van der Waals surface area contributed by atoms with Crippen molar-refractivity contribution in [2.24, 2.45) is 5.92 Å². The highest BCUT2D eigenvalue weighted by atomic mass is 32.2. The van der Waals surface area contributed by atoms with E-state index in [-0.39, 0.29) is 10.8 Å². The Labute approximate surface area is 276 Å². The Balaban J connectivity index is 1.38. The van der Waals surface area contributed by atoms with Crippen molar-refractivity contribution in [1.29, 1.82) is 0 Å². The van der Waals surface area contributed by atoms with Crippen molar-refractivity contribution in [2.45, 2.75) is 95.8 Å². The minimum absolute atomic E-state index is 0.0140. The Kier molecular flexibility index (Phi) is 9.29. The van der Waals surface area contributed by atoms with E-state index >= 15 is 0 Å². The quantitative estimate of drug-likeness (QED) is 0.209. The number of allylic oxidation sites excluding steroid dienone is 6. The van der Waals surface area contributed by atoms with Crippen molar-refractivity contribution < 1.29 is 4.58 Å². The number of hydrogen-bond donors (Lipinski definition) is 0. The molecule has 0 spiro atoms. The van der Waals surface area contributed by atoms with Crippen LogP contribution in [0, 0.1) is 5.92 Å². The Morgan fingerprint density at radius 3 is 2.29 bits per heavy atom. The van der Waals surface area contributed by atoms with E-state index in [9.17, 15) is 0 Å². The lowest BCUT2D eigenvalue weighted by Crippen LogP contribution is -2.28. The third kappa shape index (κ3) is 6.01. The Morgan fingerprint density at radius 2 is 1.53 bits per heavy atom. The smallest absolute Gasteiger partial charge is 0.209 e. The lowest BCUT2D eigenvalue weighted by Gasteiger charge is -2.30. The van der Waals surface area contributed by atoms with Crippen LogP contribution in [0.5, 0.6) is 0 Å². The molecule has 0 N–H and O–H groups in total. The number of benzene rings is 3. The maximum atomic E-state index is 2.60. The zero-order valence-corrected chi connectivity index (χ0v) is 29.1. The SMILES string of the molecule is CCCN1C(=CCC2CCCC(C=CC3=[N+](CCC)c4ccccc4C3(C)C)=C2Sc2ccccc2)C(C)(C)c2ccccc21. The van der Waals surface area contributed by atoms with Gasteiger partial charge in [-0.3, -0.25) is 0 Å². The molecule has 234 valence electrons. The van der Waals surface area contributed by atoms with E-state index in [4.69, 9.17) is 0 Å². The second-order valence-corrected chi connectivity index (χ2v) is 15.1. The first-order valence-electron chi connectivity index (χ1n) is 17.2. The molecule has 3 aliphatic rings. The summed E-state index contributed by atoms with van der Waals surface area (Å²) in [5.41, 5.74) is 10.1. The largest absolute Gasteiger partial charge is 0.344 e. The fraction of sp³-hybridized carbons (Fsp3) is 0.405. The summed E-state index contributed by atoms with van der Waals surface area (Å²) in [6.07, 6.45) is 14.5. The van der Waals surface area contributed by atoms with Gasteiger partial charge in [-0.1, -0.05) is 106 Å². The molecule has 45 heavy (non-hydrogen) atoms. The van der Waals surface area contributed by atoms with Crippen LogP contribution in [0.4, 0.5) is 11.4 Å². The molecule has 0 amide bonds. The molecule has 0 bridgehead atoms. The molecule has 3 aromatic carbocycles. The van der Waals surface area contributed by atoms with E-state index in [1.54, 1.807) is 4.91 Å². The lowest BCUT2D eigenvalue weighted by molar-refractivity contribution is -0.437. The highest BCUT2D eigenvalue weighted by Gasteiger charge is 2.44. The number of rotatable bonds is 10. The van der Waals surface area contributed by atoms with E-state index in [2.05, 4.69) is 148 Å². The second kappa shape index (κ2) is 13.2. The predicted octanol–water partition coefficient (Wildman–Crippen LogP) is 11.4. The van der Waals surface area contributed by atoms with E-state index in [0.29, 0.717) is 5.92 Å². The van der Waals surface area contributed by atoms with Crippen molar-refractivity contribution >= 4 is 28.8 Å². The van der Waals surface area contributed by atoms with Gasteiger partial charge in [0.1, 0.15) is 6.54 Å². The molecule has 0 aromatic heterocycles. The number of fused-ring (bicyclic) bond motifs is 2. The average Bonchev–Trinajstić information content (AvgIpc) is 3.39. The molecule has 2 aliphatic heterocycles. The van der Waals surface area contributed by atoms with Gasteiger partial charge in [-0.25, -0.2) is 0 Å². The van der Waals surface area contributed by atoms with Crippen LogP contribution >= 0.6 is 11.8 Å². The van der Waals surface area contributed by atoms with Crippen LogP contribution in [0.3, 0.4) is 0 Å². The fourth-order valence-corrected chi connectivity index (χ4v) is 9.15. The molecule has 1 aliphatic carbocycles. The first-order chi connectivity index (χ1) is 21.8. The molecule has 1 unspecified atom stereocenters. The molecular weight excluding hydrogens is 565 g/mol. The maximum Gasteiger partial charge on any atom is 0.209 e. The van der Waals surface area contributed by atoms with Crippen molar-refractivity contribution in [2.75, 3.05) is 18.0 Å². The van der Waals surface area contributed by atoms with Gasteiger partial charge in [0.2, 0.25) is 5.69 Å². The van der Waals surface area contributed by atoms with Crippen LogP contribution in [0.25, 0.3) is 0 Å². The van der Waals surface area contributed by atoms with Crippen LogP contribution in [0.15, 0.2) is 118 Å². The first-order valence-corrected chi connectivity index (χ1v) is 18.0. The van der Waals surface area contributed by atoms with Gasteiger partial charge in [-0.15, -0.1) is 0 Å². The molecule has 0 saturated heterocycles. The monoisotopic (exact) mass is 615 g/mol. The summed E-state index contributed by atoms with van der Waals surface area (Å²) in [6.45, 7) is 16.3. The maximum absolute atomic E-state index is 2.60. The topological polar surface area (TPSA) is 6.25 Å². The molecule has 2 heterocycles. The Bertz CT molecular complexity index is 1650. The van der Waals surface area contributed by atoms with Gasteiger partial charge in [0.25, 0.3) is 0 Å². The summed E-state index contributed by atoms with van der Waals surface area (Å²) in [7, 11) is 0. The molecule has 3 aromatic rings. The van der Waals surface area contributed by atoms with Gasteiger partial charge in [0, 0.05) is 52.4 Å². The minimum atomic E-state index is -0.0140. The van der Waals surface area contributed by atoms with E-state index in [1.807, 2.05) is 11.8 Å². The fourth-order valence-electron chi connectivity index (χ4n) is 7.92. The third-order valence-corrected chi connectivity index (χ3v) is 11.5. The minimum Gasteiger partial charge on any atom is -0.344 e. The normalized spacial score (nSPS) is 21.2. The van der Waals surface area contributed by atoms with Crippen LogP contribution in [0.1, 0.15) is 91.2 Å². The van der Waals surface area contributed by atoms with Crippen molar-refractivity contribution in [3.05, 3.63) is 124 Å². The summed E-state index contributed by atoms with van der Waals surface area (Å²) >= 11 is 2.00. The van der Waals surface area contributed by atoms with Gasteiger partial charge in [0.05, 0.1) is 5.41 Å². The summed E-state index contributed by atoms with van der Waals surface area (Å²) in [6, 6.07) is 29.1. The van der Waals surface area contributed by atoms with Crippen LogP contribution < -0.4 is 4.90 Å². The number of thioether (sulfide) groups is 1. The van der Waals surface area contributed by atoms with Crippen LogP contribution in [0.2, 0.25) is 0 Å². The Morgan fingerprint density at radius 1 is 0.822 bits per heavy atom. The third-order valence-electron chi connectivity index (χ3n) is 10.2. The van der Waals surface area contributed by atoms with Gasteiger partial charge < -0.3 is 4.90 Å². The highest BCUT2D eigenvalue weighted by Crippen LogP contribution is 2.49.